The number of hydrogen-bond acceptors (Lipinski definition) is 3. The van der Waals surface area contributed by atoms with Crippen molar-refractivity contribution in [2.24, 2.45) is 0 Å². The van der Waals surface area contributed by atoms with Crippen molar-refractivity contribution >= 4 is 18.3 Å². The van der Waals surface area contributed by atoms with Crippen LogP contribution in [0.15, 0.2) is 24.3 Å². The van der Waals surface area contributed by atoms with Crippen LogP contribution in [-0.2, 0) is 4.79 Å². The lowest BCUT2D eigenvalue weighted by molar-refractivity contribution is -0.134. The number of amides is 1. The van der Waals surface area contributed by atoms with Crippen LogP contribution in [0, 0.1) is 6.92 Å². The molecule has 4 nitrogen and oxygen atoms in total. The van der Waals surface area contributed by atoms with Gasteiger partial charge < -0.3 is 15.0 Å². The van der Waals surface area contributed by atoms with Crippen LogP contribution in [0.2, 0.25) is 0 Å². The molecule has 1 aliphatic heterocycles. The van der Waals surface area contributed by atoms with Crippen molar-refractivity contribution in [3.05, 3.63) is 29.8 Å². The fourth-order valence-electron chi connectivity index (χ4n) is 2.54. The largest absolute Gasteiger partial charge is 0.484 e. The highest BCUT2D eigenvalue weighted by Crippen LogP contribution is 2.17. The molecule has 0 aliphatic carbocycles. The minimum Gasteiger partial charge on any atom is -0.484 e. The number of nitrogens with one attached hydrogen (secondary N) is 1. The van der Waals surface area contributed by atoms with E-state index in [-0.39, 0.29) is 24.9 Å². The number of aryl methyl sites for hydroxylation is 1. The molecule has 0 saturated carbocycles. The first-order valence-electron chi connectivity index (χ1n) is 6.84. The molecule has 0 bridgehead atoms. The van der Waals surface area contributed by atoms with Crippen molar-refractivity contribution in [1.82, 2.24) is 10.2 Å². The molecule has 112 valence electrons. The van der Waals surface area contributed by atoms with E-state index < -0.39 is 0 Å². The Morgan fingerprint density at radius 2 is 2.30 bits per heavy atom. The van der Waals surface area contributed by atoms with Crippen molar-refractivity contribution in [1.29, 1.82) is 0 Å². The minimum absolute atomic E-state index is 0. The van der Waals surface area contributed by atoms with E-state index in [1.807, 2.05) is 43.1 Å². The number of rotatable bonds is 5. The van der Waals surface area contributed by atoms with Gasteiger partial charge in [-0.1, -0.05) is 12.1 Å². The molecule has 1 fully saturated rings. The summed E-state index contributed by atoms with van der Waals surface area (Å²) >= 11 is 0. The number of nitrogens with zero attached hydrogens (tertiary/aromatic N) is 1. The van der Waals surface area contributed by atoms with Gasteiger partial charge in [-0.3, -0.25) is 4.79 Å². The van der Waals surface area contributed by atoms with E-state index in [9.17, 15) is 4.79 Å². The van der Waals surface area contributed by atoms with E-state index in [0.29, 0.717) is 6.04 Å². The van der Waals surface area contributed by atoms with Crippen molar-refractivity contribution in [3.8, 4) is 5.75 Å². The zero-order valence-corrected chi connectivity index (χ0v) is 12.9. The summed E-state index contributed by atoms with van der Waals surface area (Å²) in [5.74, 6) is 0.844. The number of benzene rings is 1. The Bertz CT molecular complexity index is 440. The second-order valence-electron chi connectivity index (χ2n) is 5.05. The number of halogens is 1. The SMILES string of the molecule is CNCC1CCCN1C(=O)COc1cccc(C)c1.Cl. The number of carbonyl (C=O) groups excluding carboxylic acids is 1. The van der Waals surface area contributed by atoms with E-state index in [4.69, 9.17) is 4.74 Å². The van der Waals surface area contributed by atoms with Crippen LogP contribution < -0.4 is 10.1 Å². The number of likely N-dealkylation sites (tertiary alicyclic amines) is 1. The van der Waals surface area contributed by atoms with Gasteiger partial charge in [0.25, 0.3) is 5.91 Å². The molecule has 20 heavy (non-hydrogen) atoms. The Kier molecular flexibility index (Phi) is 6.82. The van der Waals surface area contributed by atoms with E-state index in [1.165, 1.54) is 0 Å². The van der Waals surface area contributed by atoms with Gasteiger partial charge in [-0.25, -0.2) is 0 Å². The predicted octanol–water partition coefficient (Wildman–Crippen LogP) is 2.01. The summed E-state index contributed by atoms with van der Waals surface area (Å²) in [5.41, 5.74) is 1.14. The highest BCUT2D eigenvalue weighted by atomic mass is 35.5. The fourth-order valence-corrected chi connectivity index (χ4v) is 2.54. The summed E-state index contributed by atoms with van der Waals surface area (Å²) in [7, 11) is 1.92. The van der Waals surface area contributed by atoms with Crippen molar-refractivity contribution in [2.45, 2.75) is 25.8 Å². The van der Waals surface area contributed by atoms with Crippen LogP contribution in [0.25, 0.3) is 0 Å². The van der Waals surface area contributed by atoms with Crippen LogP contribution in [0.1, 0.15) is 18.4 Å². The first-order chi connectivity index (χ1) is 9.20. The number of hydrogen-bond donors (Lipinski definition) is 1. The van der Waals surface area contributed by atoms with Gasteiger partial charge >= 0.3 is 0 Å². The number of likely N-dealkylation sites (N-methyl/N-ethyl adjacent to an activating group) is 1. The smallest absolute Gasteiger partial charge is 0.260 e. The van der Waals surface area contributed by atoms with E-state index >= 15 is 0 Å². The monoisotopic (exact) mass is 298 g/mol. The molecule has 1 N–H and O–H groups in total. The fraction of sp³-hybridized carbons (Fsp3) is 0.533. The van der Waals surface area contributed by atoms with Gasteiger partial charge in [0.05, 0.1) is 0 Å². The molecule has 2 rings (SSSR count). The van der Waals surface area contributed by atoms with Crippen LogP contribution in [0.3, 0.4) is 0 Å². The summed E-state index contributed by atoms with van der Waals surface area (Å²) in [6.45, 7) is 3.85. The third kappa shape index (κ3) is 4.39. The molecule has 1 atom stereocenters. The van der Waals surface area contributed by atoms with Crippen LogP contribution in [0.4, 0.5) is 0 Å². The van der Waals surface area contributed by atoms with Crippen LogP contribution >= 0.6 is 12.4 Å². The second kappa shape index (κ2) is 8.12. The molecule has 5 heteroatoms. The zero-order chi connectivity index (χ0) is 13.7. The van der Waals surface area contributed by atoms with E-state index in [1.54, 1.807) is 0 Å². The Labute approximate surface area is 126 Å². The predicted molar refractivity (Wildman–Crippen MR) is 82.6 cm³/mol. The van der Waals surface area contributed by atoms with E-state index in [0.717, 1.165) is 37.2 Å². The normalized spacial score (nSPS) is 17.7. The Balaban J connectivity index is 0.00000200. The van der Waals surface area contributed by atoms with Crippen molar-refractivity contribution in [2.75, 3.05) is 26.7 Å². The maximum absolute atomic E-state index is 12.2. The van der Waals surface area contributed by atoms with Gasteiger partial charge in [0.1, 0.15) is 5.75 Å². The molecule has 0 radical (unpaired) electrons. The summed E-state index contributed by atoms with van der Waals surface area (Å²) in [6, 6.07) is 8.10. The lowest BCUT2D eigenvalue weighted by atomic mass is 10.2. The highest BCUT2D eigenvalue weighted by molar-refractivity contribution is 5.85. The van der Waals surface area contributed by atoms with Crippen molar-refractivity contribution < 1.29 is 9.53 Å². The van der Waals surface area contributed by atoms with Gasteiger partial charge in [-0.05, 0) is 44.5 Å². The highest BCUT2D eigenvalue weighted by Gasteiger charge is 2.28. The molecule has 1 aromatic carbocycles. The minimum atomic E-state index is 0. The summed E-state index contributed by atoms with van der Waals surface area (Å²) in [5, 5.41) is 3.14. The molecule has 0 aromatic heterocycles. The number of carbonyl (C=O) groups is 1. The van der Waals surface area contributed by atoms with Crippen LogP contribution in [-0.4, -0.2) is 43.6 Å². The molecule has 1 aromatic rings. The standard InChI is InChI=1S/C15H22N2O2.ClH/c1-12-5-3-7-14(9-12)19-11-15(18)17-8-4-6-13(17)10-16-2;/h3,5,7,9,13,16H,4,6,8,10-11H2,1-2H3;1H. The average molecular weight is 299 g/mol. The summed E-state index contributed by atoms with van der Waals surface area (Å²) < 4.78 is 5.58. The van der Waals surface area contributed by atoms with Crippen molar-refractivity contribution in [3.63, 3.8) is 0 Å². The van der Waals surface area contributed by atoms with Gasteiger partial charge in [0.2, 0.25) is 0 Å². The first-order valence-corrected chi connectivity index (χ1v) is 6.84. The quantitative estimate of drug-likeness (QED) is 0.904. The van der Waals surface area contributed by atoms with Gasteiger partial charge in [-0.15, -0.1) is 12.4 Å². The first kappa shape index (κ1) is 16.8. The molecule has 1 heterocycles. The molecule has 1 aliphatic rings. The second-order valence-corrected chi connectivity index (χ2v) is 5.05. The van der Waals surface area contributed by atoms with Gasteiger partial charge in [-0.2, -0.15) is 0 Å². The third-order valence-corrected chi connectivity index (χ3v) is 3.49. The van der Waals surface area contributed by atoms with E-state index in [2.05, 4.69) is 5.32 Å². The Hall–Kier alpha value is -1.26. The zero-order valence-electron chi connectivity index (χ0n) is 12.1. The summed E-state index contributed by atoms with van der Waals surface area (Å²) in [6.07, 6.45) is 2.17. The number of ether oxygens (including phenoxy) is 1. The molecule has 1 unspecified atom stereocenters. The molecular formula is C15H23ClN2O2. The third-order valence-electron chi connectivity index (χ3n) is 3.49. The van der Waals surface area contributed by atoms with Crippen LogP contribution in [0.5, 0.6) is 5.75 Å². The van der Waals surface area contributed by atoms with Gasteiger partial charge in [0, 0.05) is 19.1 Å². The molecular weight excluding hydrogens is 276 g/mol. The Morgan fingerprint density at radius 1 is 1.50 bits per heavy atom. The lowest BCUT2D eigenvalue weighted by Gasteiger charge is -2.24. The topological polar surface area (TPSA) is 41.6 Å². The van der Waals surface area contributed by atoms with Gasteiger partial charge in [0.15, 0.2) is 6.61 Å². The average Bonchev–Trinajstić information content (AvgIpc) is 2.85. The molecule has 1 amide bonds. The Morgan fingerprint density at radius 3 is 3.00 bits per heavy atom. The maximum atomic E-state index is 12.2. The molecule has 0 spiro atoms. The maximum Gasteiger partial charge on any atom is 0.260 e. The molecule has 1 saturated heterocycles. The lowest BCUT2D eigenvalue weighted by Crippen LogP contribution is -2.43. The summed E-state index contributed by atoms with van der Waals surface area (Å²) in [4.78, 5) is 14.1.